The van der Waals surface area contributed by atoms with E-state index in [1.54, 1.807) is 0 Å². The summed E-state index contributed by atoms with van der Waals surface area (Å²) in [6.45, 7) is 4.46. The van der Waals surface area contributed by atoms with Crippen molar-refractivity contribution in [2.24, 2.45) is 0 Å². The highest BCUT2D eigenvalue weighted by atomic mass is 35.5. The molecule has 0 aliphatic heterocycles. The normalized spacial score (nSPS) is 6.75. The lowest BCUT2D eigenvalue weighted by molar-refractivity contribution is 0.702. The van der Waals surface area contributed by atoms with Crippen LogP contribution in [0.3, 0.4) is 0 Å². The third-order valence-electron chi connectivity index (χ3n) is 0.957. The minimum atomic E-state index is 0. The molecule has 0 unspecified atom stereocenters. The van der Waals surface area contributed by atoms with Crippen LogP contribution in [0.15, 0.2) is 0 Å². The lowest BCUT2D eigenvalue weighted by Crippen LogP contribution is -1.66. The number of halogens is 1. The zero-order valence-electron chi connectivity index (χ0n) is 5.81. The summed E-state index contributed by atoms with van der Waals surface area (Å²) >= 11 is 0. The van der Waals surface area contributed by atoms with Gasteiger partial charge in [0.25, 0.3) is 0 Å². The molecule has 0 nitrogen and oxygen atoms in total. The van der Waals surface area contributed by atoms with Crippen molar-refractivity contribution < 1.29 is 0 Å². The lowest BCUT2D eigenvalue weighted by atomic mass is 10.2. The maximum atomic E-state index is 2.23. The van der Waals surface area contributed by atoms with Crippen LogP contribution >= 0.6 is 12.4 Å². The van der Waals surface area contributed by atoms with E-state index in [2.05, 4.69) is 13.8 Å². The minimum Gasteiger partial charge on any atom is -0.147 e. The third kappa shape index (κ3) is 16.2. The van der Waals surface area contributed by atoms with Crippen LogP contribution in [0, 0.1) is 0 Å². The molecular weight excluding hydrogens is 118 g/mol. The molecule has 0 aliphatic rings. The quantitative estimate of drug-likeness (QED) is 0.410. The Balaban J connectivity index is -0.000000125. The van der Waals surface area contributed by atoms with Crippen molar-refractivity contribution in [3.63, 3.8) is 0 Å². The van der Waals surface area contributed by atoms with Gasteiger partial charge in [0.1, 0.15) is 0 Å². The van der Waals surface area contributed by atoms with Crippen LogP contribution in [0.5, 0.6) is 0 Å². The Labute approximate surface area is 61.0 Å². The summed E-state index contributed by atoms with van der Waals surface area (Å²) in [5.41, 5.74) is 0. The van der Waals surface area contributed by atoms with E-state index in [0.29, 0.717) is 0 Å². The van der Waals surface area contributed by atoms with E-state index in [9.17, 15) is 0 Å². The van der Waals surface area contributed by atoms with Gasteiger partial charge in [0.2, 0.25) is 0 Å². The summed E-state index contributed by atoms with van der Waals surface area (Å²) in [7, 11) is 0. The van der Waals surface area contributed by atoms with Crippen molar-refractivity contribution in [3.05, 3.63) is 0 Å². The standard InChI is InChI=1S/C6H14.B.ClH/c1-3-5-6-4-2;;/h3-6H2,1-2H3;;1H. The number of hydrogen-bond donors (Lipinski definition) is 0. The van der Waals surface area contributed by atoms with Gasteiger partial charge < -0.3 is 0 Å². The van der Waals surface area contributed by atoms with Crippen molar-refractivity contribution >= 4 is 20.8 Å². The molecule has 0 atom stereocenters. The van der Waals surface area contributed by atoms with E-state index in [1.165, 1.54) is 25.7 Å². The summed E-state index contributed by atoms with van der Waals surface area (Å²) in [6, 6.07) is 0. The first kappa shape index (κ1) is 15.8. The predicted molar refractivity (Wildman–Crippen MR) is 42.8 cm³/mol. The molecule has 0 heterocycles. The minimum absolute atomic E-state index is 0. The van der Waals surface area contributed by atoms with Crippen LogP contribution in [0.1, 0.15) is 39.5 Å². The molecule has 8 heavy (non-hydrogen) atoms. The molecule has 0 fully saturated rings. The van der Waals surface area contributed by atoms with E-state index >= 15 is 0 Å². The molecule has 3 radical (unpaired) electrons. The summed E-state index contributed by atoms with van der Waals surface area (Å²) in [5, 5.41) is 0. The molecule has 0 aromatic carbocycles. The Morgan fingerprint density at radius 1 is 0.875 bits per heavy atom. The van der Waals surface area contributed by atoms with Crippen molar-refractivity contribution in [1.29, 1.82) is 0 Å². The lowest BCUT2D eigenvalue weighted by Gasteiger charge is -1.86. The van der Waals surface area contributed by atoms with Gasteiger partial charge in [-0.15, -0.1) is 12.4 Å². The van der Waals surface area contributed by atoms with E-state index in [4.69, 9.17) is 0 Å². The van der Waals surface area contributed by atoms with E-state index in [0.717, 1.165) is 0 Å². The number of rotatable bonds is 3. The van der Waals surface area contributed by atoms with Crippen LogP contribution in [0.4, 0.5) is 0 Å². The predicted octanol–water partition coefficient (Wildman–Crippen LogP) is 2.63. The second-order valence-electron chi connectivity index (χ2n) is 1.71. The highest BCUT2D eigenvalue weighted by Crippen LogP contribution is 1.95. The maximum absolute atomic E-state index is 2.23. The van der Waals surface area contributed by atoms with Crippen molar-refractivity contribution in [2.75, 3.05) is 0 Å². The van der Waals surface area contributed by atoms with Gasteiger partial charge in [0, 0.05) is 8.41 Å². The van der Waals surface area contributed by atoms with Crippen LogP contribution in [-0.4, -0.2) is 8.41 Å². The topological polar surface area (TPSA) is 0 Å². The van der Waals surface area contributed by atoms with Crippen LogP contribution in [-0.2, 0) is 0 Å². The first-order valence-electron chi connectivity index (χ1n) is 2.91. The first-order chi connectivity index (χ1) is 2.91. The van der Waals surface area contributed by atoms with Crippen molar-refractivity contribution in [3.8, 4) is 0 Å². The second-order valence-corrected chi connectivity index (χ2v) is 1.71. The average molecular weight is 133 g/mol. The van der Waals surface area contributed by atoms with Gasteiger partial charge in [-0.05, 0) is 0 Å². The molecule has 0 spiro atoms. The molecular formula is C6H15BCl. The monoisotopic (exact) mass is 133 g/mol. The Morgan fingerprint density at radius 2 is 1.12 bits per heavy atom. The Bertz CT molecular complexity index is 20.5. The van der Waals surface area contributed by atoms with Gasteiger partial charge in [-0.25, -0.2) is 0 Å². The molecule has 0 saturated carbocycles. The van der Waals surface area contributed by atoms with Crippen LogP contribution in [0.25, 0.3) is 0 Å². The smallest absolute Gasteiger partial charge is 0 e. The zero-order chi connectivity index (χ0) is 4.83. The van der Waals surface area contributed by atoms with E-state index in [1.807, 2.05) is 0 Å². The SMILES string of the molecule is CCCCCC.Cl.[B]. The molecule has 0 amide bonds. The van der Waals surface area contributed by atoms with Crippen molar-refractivity contribution in [2.45, 2.75) is 39.5 Å². The fourth-order valence-electron chi connectivity index (χ4n) is 0.500. The number of hydrogen-bond acceptors (Lipinski definition) is 0. The molecule has 2 heteroatoms. The Kier molecular flexibility index (Phi) is 30.9. The fourth-order valence-corrected chi connectivity index (χ4v) is 0.500. The molecule has 0 aromatic rings. The van der Waals surface area contributed by atoms with Crippen LogP contribution in [0.2, 0.25) is 0 Å². The molecule has 0 saturated heterocycles. The Morgan fingerprint density at radius 3 is 1.25 bits per heavy atom. The molecule has 0 aromatic heterocycles. The molecule has 0 rings (SSSR count). The summed E-state index contributed by atoms with van der Waals surface area (Å²) in [5.74, 6) is 0. The molecule has 49 valence electrons. The van der Waals surface area contributed by atoms with E-state index < -0.39 is 0 Å². The number of unbranched alkanes of at least 4 members (excludes halogenated alkanes) is 3. The van der Waals surface area contributed by atoms with Gasteiger partial charge in [0.15, 0.2) is 0 Å². The van der Waals surface area contributed by atoms with Gasteiger partial charge in [0.05, 0.1) is 0 Å². The van der Waals surface area contributed by atoms with Gasteiger partial charge in [-0.3, -0.25) is 0 Å². The summed E-state index contributed by atoms with van der Waals surface area (Å²) < 4.78 is 0. The maximum Gasteiger partial charge on any atom is 0 e. The van der Waals surface area contributed by atoms with Gasteiger partial charge in [-0.2, -0.15) is 0 Å². The zero-order valence-corrected chi connectivity index (χ0v) is 6.63. The highest BCUT2D eigenvalue weighted by Gasteiger charge is 1.75. The fraction of sp³-hybridized carbons (Fsp3) is 1.00. The first-order valence-corrected chi connectivity index (χ1v) is 2.91. The van der Waals surface area contributed by atoms with Gasteiger partial charge in [-0.1, -0.05) is 39.5 Å². The highest BCUT2D eigenvalue weighted by molar-refractivity contribution is 5.85. The molecule has 0 bridgehead atoms. The van der Waals surface area contributed by atoms with E-state index in [-0.39, 0.29) is 20.8 Å². The molecule has 0 N–H and O–H groups in total. The molecule has 0 aliphatic carbocycles. The van der Waals surface area contributed by atoms with Crippen LogP contribution < -0.4 is 0 Å². The van der Waals surface area contributed by atoms with Gasteiger partial charge >= 0.3 is 0 Å². The second kappa shape index (κ2) is 15.7. The third-order valence-corrected chi connectivity index (χ3v) is 0.957. The summed E-state index contributed by atoms with van der Waals surface area (Å²) in [4.78, 5) is 0. The Hall–Kier alpha value is 0.355. The summed E-state index contributed by atoms with van der Waals surface area (Å²) in [6.07, 6.45) is 5.54. The largest absolute Gasteiger partial charge is 0.147 e. The van der Waals surface area contributed by atoms with Crippen molar-refractivity contribution in [1.82, 2.24) is 0 Å². The average Bonchev–Trinajstić information content (AvgIpc) is 1.61.